The van der Waals surface area contributed by atoms with Crippen LogP contribution >= 0.6 is 11.8 Å². The number of nitrogens with two attached hydrogens (primary N) is 1. The van der Waals surface area contributed by atoms with Gasteiger partial charge < -0.3 is 10.5 Å². The van der Waals surface area contributed by atoms with Gasteiger partial charge in [0.2, 0.25) is 0 Å². The van der Waals surface area contributed by atoms with Crippen molar-refractivity contribution in [2.24, 2.45) is 10.7 Å². The standard InChI is InChI=1S/C16H12N2O2S/c17-16-18-15(19)14(21-16)10-11-6-8-13(9-7-11)20-12-4-2-1-3-5-12/h1-10H,(H2,17,18,19). The molecule has 2 aromatic rings. The van der Waals surface area contributed by atoms with Gasteiger partial charge in [0.25, 0.3) is 5.91 Å². The van der Waals surface area contributed by atoms with E-state index in [4.69, 9.17) is 10.5 Å². The van der Waals surface area contributed by atoms with Crippen molar-refractivity contribution in [3.63, 3.8) is 0 Å². The summed E-state index contributed by atoms with van der Waals surface area (Å²) in [6, 6.07) is 17.0. The van der Waals surface area contributed by atoms with Crippen molar-refractivity contribution in [1.82, 2.24) is 0 Å². The van der Waals surface area contributed by atoms with E-state index in [1.807, 2.05) is 54.6 Å². The van der Waals surface area contributed by atoms with Crippen molar-refractivity contribution in [3.8, 4) is 11.5 Å². The van der Waals surface area contributed by atoms with E-state index < -0.39 is 0 Å². The smallest absolute Gasteiger partial charge is 0.286 e. The number of carbonyl (C=O) groups excluding carboxylic acids is 1. The van der Waals surface area contributed by atoms with Crippen LogP contribution in [0.4, 0.5) is 0 Å². The highest BCUT2D eigenvalue weighted by atomic mass is 32.2. The fourth-order valence-corrected chi connectivity index (χ4v) is 2.52. The number of para-hydroxylation sites is 1. The lowest BCUT2D eigenvalue weighted by atomic mass is 10.2. The van der Waals surface area contributed by atoms with E-state index in [9.17, 15) is 4.79 Å². The number of aliphatic imine (C=N–C) groups is 1. The molecule has 1 heterocycles. The molecule has 0 fully saturated rings. The number of ether oxygens (including phenoxy) is 1. The first-order chi connectivity index (χ1) is 10.2. The molecule has 0 saturated heterocycles. The van der Waals surface area contributed by atoms with E-state index in [1.165, 1.54) is 11.8 Å². The molecule has 0 spiro atoms. The van der Waals surface area contributed by atoms with E-state index in [-0.39, 0.29) is 11.1 Å². The molecule has 0 saturated carbocycles. The minimum absolute atomic E-state index is 0.287. The topological polar surface area (TPSA) is 64.7 Å². The minimum atomic E-state index is -0.290. The molecule has 0 aliphatic carbocycles. The lowest BCUT2D eigenvalue weighted by Gasteiger charge is -2.05. The summed E-state index contributed by atoms with van der Waals surface area (Å²) in [5.41, 5.74) is 6.41. The number of nitrogens with zero attached hydrogens (tertiary/aromatic N) is 1. The quantitative estimate of drug-likeness (QED) is 0.882. The van der Waals surface area contributed by atoms with E-state index in [0.29, 0.717) is 4.91 Å². The lowest BCUT2D eigenvalue weighted by Crippen LogP contribution is -2.01. The van der Waals surface area contributed by atoms with Crippen LogP contribution < -0.4 is 10.5 Å². The summed E-state index contributed by atoms with van der Waals surface area (Å²) in [7, 11) is 0. The third-order valence-corrected chi connectivity index (χ3v) is 3.61. The number of benzene rings is 2. The second-order valence-electron chi connectivity index (χ2n) is 4.35. The second-order valence-corrected chi connectivity index (χ2v) is 5.41. The number of amidine groups is 1. The molecule has 0 radical (unpaired) electrons. The van der Waals surface area contributed by atoms with Gasteiger partial charge in [-0.05, 0) is 47.7 Å². The largest absolute Gasteiger partial charge is 0.457 e. The molecular weight excluding hydrogens is 284 g/mol. The first-order valence-corrected chi connectivity index (χ1v) is 7.13. The van der Waals surface area contributed by atoms with Gasteiger partial charge in [-0.2, -0.15) is 4.99 Å². The average molecular weight is 296 g/mol. The molecular formula is C16H12N2O2S. The van der Waals surface area contributed by atoms with Crippen molar-refractivity contribution in [1.29, 1.82) is 0 Å². The van der Waals surface area contributed by atoms with Crippen LogP contribution in [-0.4, -0.2) is 11.1 Å². The van der Waals surface area contributed by atoms with Crippen LogP contribution in [0.15, 0.2) is 64.5 Å². The first kappa shape index (κ1) is 13.5. The van der Waals surface area contributed by atoms with E-state index >= 15 is 0 Å². The maximum atomic E-state index is 11.5. The van der Waals surface area contributed by atoms with Crippen molar-refractivity contribution >= 4 is 28.9 Å². The molecule has 0 unspecified atom stereocenters. The Morgan fingerprint density at radius 2 is 1.67 bits per heavy atom. The molecule has 1 aliphatic rings. The van der Waals surface area contributed by atoms with Gasteiger partial charge in [0.05, 0.1) is 4.91 Å². The molecule has 0 atom stereocenters. The Kier molecular flexibility index (Phi) is 3.75. The number of thioether (sulfide) groups is 1. The number of hydrogen-bond acceptors (Lipinski definition) is 4. The van der Waals surface area contributed by atoms with Gasteiger partial charge in [0.1, 0.15) is 11.5 Å². The number of rotatable bonds is 3. The Morgan fingerprint density at radius 1 is 1.00 bits per heavy atom. The fraction of sp³-hybridized carbons (Fsp3) is 0. The van der Waals surface area contributed by atoms with Crippen molar-refractivity contribution in [3.05, 3.63) is 65.1 Å². The highest BCUT2D eigenvalue weighted by Gasteiger charge is 2.19. The predicted octanol–water partition coefficient (Wildman–Crippen LogP) is 3.41. The highest BCUT2D eigenvalue weighted by molar-refractivity contribution is 8.18. The molecule has 1 amide bonds. The van der Waals surface area contributed by atoms with Crippen LogP contribution in [0.2, 0.25) is 0 Å². The molecule has 4 nitrogen and oxygen atoms in total. The number of carbonyl (C=O) groups is 1. The maximum absolute atomic E-state index is 11.5. The Balaban J connectivity index is 1.73. The SMILES string of the molecule is NC1=NC(=O)C(=Cc2ccc(Oc3ccccc3)cc2)S1. The first-order valence-electron chi connectivity index (χ1n) is 6.32. The summed E-state index contributed by atoms with van der Waals surface area (Å²) in [5.74, 6) is 1.23. The minimum Gasteiger partial charge on any atom is -0.457 e. The average Bonchev–Trinajstić information content (AvgIpc) is 2.80. The number of amides is 1. The Morgan fingerprint density at radius 3 is 2.29 bits per heavy atom. The Hall–Kier alpha value is -2.53. The molecule has 5 heteroatoms. The van der Waals surface area contributed by atoms with Crippen molar-refractivity contribution in [2.75, 3.05) is 0 Å². The summed E-state index contributed by atoms with van der Waals surface area (Å²) in [4.78, 5) is 15.7. The lowest BCUT2D eigenvalue weighted by molar-refractivity contribution is -0.113. The summed E-state index contributed by atoms with van der Waals surface area (Å²) in [5, 5.41) is 0.287. The maximum Gasteiger partial charge on any atom is 0.286 e. The molecule has 0 bridgehead atoms. The van der Waals surface area contributed by atoms with Crippen molar-refractivity contribution in [2.45, 2.75) is 0 Å². The van der Waals surface area contributed by atoms with Crippen LogP contribution in [0, 0.1) is 0 Å². The van der Waals surface area contributed by atoms with Crippen LogP contribution in [-0.2, 0) is 4.79 Å². The predicted molar refractivity (Wildman–Crippen MR) is 85.2 cm³/mol. The van der Waals surface area contributed by atoms with Gasteiger partial charge in [0.15, 0.2) is 5.17 Å². The Bertz CT molecular complexity index is 722. The molecule has 104 valence electrons. The molecule has 0 aromatic heterocycles. The summed E-state index contributed by atoms with van der Waals surface area (Å²) >= 11 is 1.18. The molecule has 2 aromatic carbocycles. The van der Waals surface area contributed by atoms with Gasteiger partial charge in [-0.1, -0.05) is 30.3 Å². The molecule has 21 heavy (non-hydrogen) atoms. The molecule has 2 N–H and O–H groups in total. The normalized spacial score (nSPS) is 16.1. The zero-order chi connectivity index (χ0) is 14.7. The zero-order valence-electron chi connectivity index (χ0n) is 11.0. The van der Waals surface area contributed by atoms with Gasteiger partial charge in [-0.3, -0.25) is 4.79 Å². The molecule has 3 rings (SSSR count). The highest BCUT2D eigenvalue weighted by Crippen LogP contribution is 2.27. The van der Waals surface area contributed by atoms with Crippen molar-refractivity contribution < 1.29 is 9.53 Å². The third-order valence-electron chi connectivity index (χ3n) is 2.79. The summed E-state index contributed by atoms with van der Waals surface area (Å²) < 4.78 is 5.71. The third kappa shape index (κ3) is 3.32. The monoisotopic (exact) mass is 296 g/mol. The van der Waals surface area contributed by atoms with E-state index in [2.05, 4.69) is 4.99 Å². The van der Waals surface area contributed by atoms with Crippen LogP contribution in [0.5, 0.6) is 11.5 Å². The zero-order valence-corrected chi connectivity index (χ0v) is 11.8. The van der Waals surface area contributed by atoms with E-state index in [0.717, 1.165) is 17.1 Å². The Labute approximate surface area is 126 Å². The van der Waals surface area contributed by atoms with Gasteiger partial charge >= 0.3 is 0 Å². The molecule has 1 aliphatic heterocycles. The van der Waals surface area contributed by atoms with E-state index in [1.54, 1.807) is 6.08 Å². The van der Waals surface area contributed by atoms with Crippen LogP contribution in [0.25, 0.3) is 6.08 Å². The van der Waals surface area contributed by atoms with Gasteiger partial charge in [-0.15, -0.1) is 0 Å². The van der Waals surface area contributed by atoms with Crippen LogP contribution in [0.1, 0.15) is 5.56 Å². The van der Waals surface area contributed by atoms with Crippen LogP contribution in [0.3, 0.4) is 0 Å². The number of hydrogen-bond donors (Lipinski definition) is 1. The van der Waals surface area contributed by atoms with Gasteiger partial charge in [0, 0.05) is 0 Å². The summed E-state index contributed by atoms with van der Waals surface area (Å²) in [6.45, 7) is 0. The van der Waals surface area contributed by atoms with Gasteiger partial charge in [-0.25, -0.2) is 0 Å². The fourth-order valence-electron chi connectivity index (χ4n) is 1.83. The second kappa shape index (κ2) is 5.85. The summed E-state index contributed by atoms with van der Waals surface area (Å²) in [6.07, 6.45) is 1.77.